The van der Waals surface area contributed by atoms with Gasteiger partial charge in [-0.1, -0.05) is 18.2 Å². The average molecular weight is 159 g/mol. The summed E-state index contributed by atoms with van der Waals surface area (Å²) >= 11 is 0. The van der Waals surface area contributed by atoms with Crippen molar-refractivity contribution in [2.24, 2.45) is 0 Å². The van der Waals surface area contributed by atoms with Crippen LogP contribution in [0.1, 0.15) is 17.2 Å². The molecule has 0 radical (unpaired) electrons. The number of aryl methyl sites for hydroxylation is 1. The zero-order chi connectivity index (χ0) is 8.55. The topological polar surface area (TPSA) is 16.9 Å². The lowest BCUT2D eigenvalue weighted by Crippen LogP contribution is -1.81. The Balaban J connectivity index is 2.38. The van der Waals surface area contributed by atoms with E-state index in [1.807, 2.05) is 25.1 Å². The molecule has 0 spiro atoms. The first-order chi connectivity index (χ1) is 5.81. The second kappa shape index (κ2) is 2.62. The smallest absolute Gasteiger partial charge is 0.190 e. The van der Waals surface area contributed by atoms with Crippen LogP contribution in [0.2, 0.25) is 0 Å². The normalized spacial score (nSPS) is 20.2. The van der Waals surface area contributed by atoms with E-state index >= 15 is 0 Å². The molecule has 1 aromatic rings. The molecule has 60 valence electrons. The summed E-state index contributed by atoms with van der Waals surface area (Å²) in [6.45, 7) is 9.66. The molecule has 1 aromatic carbocycles. The zero-order valence-corrected chi connectivity index (χ0v) is 6.87. The Morgan fingerprint density at radius 2 is 2.33 bits per heavy atom. The van der Waals surface area contributed by atoms with Crippen LogP contribution in [0.25, 0.3) is 4.85 Å². The lowest BCUT2D eigenvalue weighted by atomic mass is 10.1. The molecule has 0 bridgehead atoms. The van der Waals surface area contributed by atoms with Gasteiger partial charge in [0.25, 0.3) is 0 Å². The minimum atomic E-state index is 0.295. The molecule has 0 N–H and O–H groups in total. The maximum atomic E-state index is 6.87. The largest absolute Gasteiger partial charge is 0.368 e. The standard InChI is InChI=1S/C10H9NO/c1-7-5-8(10-6-12-10)3-4-9(7)11-2/h3-5,10H,6H2,1H3. The number of benzene rings is 1. The monoisotopic (exact) mass is 159 g/mol. The van der Waals surface area contributed by atoms with Gasteiger partial charge in [0.15, 0.2) is 5.69 Å². The summed E-state index contributed by atoms with van der Waals surface area (Å²) in [5.74, 6) is 0. The van der Waals surface area contributed by atoms with Gasteiger partial charge >= 0.3 is 0 Å². The van der Waals surface area contributed by atoms with Crippen LogP contribution in [0.15, 0.2) is 18.2 Å². The molecule has 0 amide bonds. The minimum absolute atomic E-state index is 0.295. The van der Waals surface area contributed by atoms with Gasteiger partial charge < -0.3 is 4.74 Å². The Hall–Kier alpha value is -1.33. The first-order valence-electron chi connectivity index (χ1n) is 3.91. The van der Waals surface area contributed by atoms with Crippen LogP contribution in [-0.4, -0.2) is 6.61 Å². The third kappa shape index (κ3) is 1.19. The maximum Gasteiger partial charge on any atom is 0.190 e. The summed E-state index contributed by atoms with van der Waals surface area (Å²) in [6, 6.07) is 5.86. The first kappa shape index (κ1) is 7.33. The van der Waals surface area contributed by atoms with Gasteiger partial charge in [-0.2, -0.15) is 0 Å². The fraction of sp³-hybridized carbons (Fsp3) is 0.300. The highest BCUT2D eigenvalue weighted by Gasteiger charge is 2.24. The number of hydrogen-bond acceptors (Lipinski definition) is 1. The van der Waals surface area contributed by atoms with E-state index in [4.69, 9.17) is 11.3 Å². The highest BCUT2D eigenvalue weighted by atomic mass is 16.6. The molecule has 0 aromatic heterocycles. The van der Waals surface area contributed by atoms with E-state index in [2.05, 4.69) is 4.85 Å². The maximum absolute atomic E-state index is 6.87. The van der Waals surface area contributed by atoms with E-state index in [-0.39, 0.29) is 0 Å². The SMILES string of the molecule is [C-]#[N+]c1ccc(C2CO2)cc1C. The molecule has 1 unspecified atom stereocenters. The van der Waals surface area contributed by atoms with Crippen LogP contribution in [-0.2, 0) is 4.74 Å². The van der Waals surface area contributed by atoms with Gasteiger partial charge in [-0.3, -0.25) is 0 Å². The molecule has 1 aliphatic rings. The lowest BCUT2D eigenvalue weighted by molar-refractivity contribution is 0.415. The number of nitrogens with zero attached hydrogens (tertiary/aromatic N) is 1. The highest BCUT2D eigenvalue weighted by molar-refractivity contribution is 5.53. The molecular weight excluding hydrogens is 150 g/mol. The van der Waals surface area contributed by atoms with Crippen LogP contribution >= 0.6 is 0 Å². The Labute approximate surface area is 71.6 Å². The molecular formula is C10H9NO. The molecule has 1 heterocycles. The van der Waals surface area contributed by atoms with Crippen LogP contribution in [0.3, 0.4) is 0 Å². The zero-order valence-electron chi connectivity index (χ0n) is 6.87. The summed E-state index contributed by atoms with van der Waals surface area (Å²) in [6.07, 6.45) is 0.295. The molecule has 12 heavy (non-hydrogen) atoms. The Morgan fingerprint density at radius 3 is 2.83 bits per heavy atom. The Bertz CT molecular complexity index is 347. The van der Waals surface area contributed by atoms with E-state index in [1.165, 1.54) is 5.56 Å². The number of epoxide rings is 1. The van der Waals surface area contributed by atoms with Crippen molar-refractivity contribution < 1.29 is 4.74 Å². The summed E-state index contributed by atoms with van der Waals surface area (Å²) in [5.41, 5.74) is 2.97. The third-order valence-electron chi connectivity index (χ3n) is 2.05. The predicted molar refractivity (Wildman–Crippen MR) is 46.1 cm³/mol. The van der Waals surface area contributed by atoms with E-state index in [0.29, 0.717) is 6.10 Å². The summed E-state index contributed by atoms with van der Waals surface area (Å²) in [7, 11) is 0. The molecule has 1 atom stereocenters. The Kier molecular flexibility index (Phi) is 1.60. The first-order valence-corrected chi connectivity index (χ1v) is 3.91. The van der Waals surface area contributed by atoms with Gasteiger partial charge in [0.05, 0.1) is 13.2 Å². The molecule has 2 nitrogen and oxygen atoms in total. The summed E-state index contributed by atoms with van der Waals surface area (Å²) < 4.78 is 5.15. The molecule has 1 saturated heterocycles. The van der Waals surface area contributed by atoms with Gasteiger partial charge in [-0.15, -0.1) is 0 Å². The molecule has 0 saturated carbocycles. The average Bonchev–Trinajstić information content (AvgIpc) is 2.86. The number of ether oxygens (including phenoxy) is 1. The van der Waals surface area contributed by atoms with Crippen molar-refractivity contribution >= 4 is 5.69 Å². The second-order valence-corrected chi connectivity index (χ2v) is 2.98. The second-order valence-electron chi connectivity index (χ2n) is 2.98. The quantitative estimate of drug-likeness (QED) is 0.454. The Morgan fingerprint density at radius 1 is 1.58 bits per heavy atom. The number of rotatable bonds is 1. The van der Waals surface area contributed by atoms with Gasteiger partial charge in [0, 0.05) is 0 Å². The van der Waals surface area contributed by atoms with Crippen LogP contribution < -0.4 is 0 Å². The predicted octanol–water partition coefficient (Wildman–Crippen LogP) is 2.62. The summed E-state index contributed by atoms with van der Waals surface area (Å²) in [5, 5.41) is 0. The van der Waals surface area contributed by atoms with Gasteiger partial charge in [-0.05, 0) is 18.1 Å². The van der Waals surface area contributed by atoms with Crippen LogP contribution in [0.4, 0.5) is 5.69 Å². The van der Waals surface area contributed by atoms with Crippen LogP contribution in [0.5, 0.6) is 0 Å². The molecule has 1 fully saturated rings. The molecule has 2 rings (SSSR count). The minimum Gasteiger partial charge on any atom is -0.368 e. The lowest BCUT2D eigenvalue weighted by Gasteiger charge is -1.99. The van der Waals surface area contributed by atoms with E-state index < -0.39 is 0 Å². The van der Waals surface area contributed by atoms with Gasteiger partial charge in [-0.25, -0.2) is 4.85 Å². The third-order valence-corrected chi connectivity index (χ3v) is 2.05. The van der Waals surface area contributed by atoms with E-state index in [1.54, 1.807) is 0 Å². The van der Waals surface area contributed by atoms with Crippen molar-refractivity contribution in [2.75, 3.05) is 6.61 Å². The molecule has 2 heteroatoms. The molecule has 1 aliphatic heterocycles. The van der Waals surface area contributed by atoms with Crippen molar-refractivity contribution in [3.63, 3.8) is 0 Å². The van der Waals surface area contributed by atoms with Crippen molar-refractivity contribution in [3.05, 3.63) is 40.7 Å². The van der Waals surface area contributed by atoms with E-state index in [9.17, 15) is 0 Å². The van der Waals surface area contributed by atoms with Crippen molar-refractivity contribution in [3.8, 4) is 0 Å². The van der Waals surface area contributed by atoms with Gasteiger partial charge in [0.1, 0.15) is 6.10 Å². The van der Waals surface area contributed by atoms with Gasteiger partial charge in [0.2, 0.25) is 0 Å². The summed E-state index contributed by atoms with van der Waals surface area (Å²) in [4.78, 5) is 3.40. The van der Waals surface area contributed by atoms with Crippen molar-refractivity contribution in [1.29, 1.82) is 0 Å². The fourth-order valence-electron chi connectivity index (χ4n) is 1.24. The van der Waals surface area contributed by atoms with E-state index in [0.717, 1.165) is 17.9 Å². The molecule has 0 aliphatic carbocycles. The van der Waals surface area contributed by atoms with Crippen LogP contribution in [0, 0.1) is 13.5 Å². The van der Waals surface area contributed by atoms with Crippen molar-refractivity contribution in [2.45, 2.75) is 13.0 Å². The highest BCUT2D eigenvalue weighted by Crippen LogP contribution is 2.32. The fourth-order valence-corrected chi connectivity index (χ4v) is 1.24. The number of hydrogen-bond donors (Lipinski definition) is 0. The van der Waals surface area contributed by atoms with Crippen molar-refractivity contribution in [1.82, 2.24) is 0 Å².